The number of aromatic nitrogens is 5. The normalized spacial score (nSPS) is 12.4. The van der Waals surface area contributed by atoms with Crippen molar-refractivity contribution in [2.24, 2.45) is 14.1 Å². The molecule has 1 unspecified atom stereocenters. The molecule has 3 aromatic rings. The first-order chi connectivity index (χ1) is 13.6. The first-order valence-corrected chi connectivity index (χ1v) is 8.42. The molecule has 0 spiro atoms. The molecule has 8 nitrogen and oxygen atoms in total. The summed E-state index contributed by atoms with van der Waals surface area (Å²) in [5.41, 5.74) is 0.846. The molecule has 0 aliphatic heterocycles. The first-order valence-electron chi connectivity index (χ1n) is 8.42. The third kappa shape index (κ3) is 4.11. The highest BCUT2D eigenvalue weighted by Crippen LogP contribution is 2.28. The molecule has 0 aromatic carbocycles. The quantitative estimate of drug-likeness (QED) is 0.722. The van der Waals surface area contributed by atoms with Gasteiger partial charge in [-0.05, 0) is 25.1 Å². The van der Waals surface area contributed by atoms with E-state index in [0.29, 0.717) is 23.0 Å². The Hall–Kier alpha value is -3.68. The second kappa shape index (κ2) is 7.38. The maximum Gasteiger partial charge on any atom is 0.435 e. The van der Waals surface area contributed by atoms with Crippen LogP contribution in [-0.2, 0) is 20.3 Å². The third-order valence-corrected chi connectivity index (χ3v) is 4.28. The molecule has 11 heteroatoms. The number of alkyl halides is 3. The molecule has 29 heavy (non-hydrogen) atoms. The molecule has 0 fully saturated rings. The largest absolute Gasteiger partial charge is 0.435 e. The molecule has 0 bridgehead atoms. The average Bonchev–Trinajstić information content (AvgIpc) is 3.24. The molecule has 3 aromatic heterocycles. The predicted octanol–water partition coefficient (Wildman–Crippen LogP) is 2.60. The summed E-state index contributed by atoms with van der Waals surface area (Å²) >= 11 is 0. The van der Waals surface area contributed by atoms with Gasteiger partial charge in [-0.25, -0.2) is 4.98 Å². The summed E-state index contributed by atoms with van der Waals surface area (Å²) in [5.74, 6) is -0.689. The fourth-order valence-electron chi connectivity index (χ4n) is 2.80. The van der Waals surface area contributed by atoms with Crippen molar-refractivity contribution in [1.82, 2.24) is 29.9 Å². The SMILES string of the molecule is CC(NC(=O)c1cc(C(F)(F)F)nn1C)c1cc(-c2ccc(C#N)nc2)nn1C. The number of hydrogen-bond donors (Lipinski definition) is 1. The van der Waals surface area contributed by atoms with Gasteiger partial charge in [-0.1, -0.05) is 0 Å². The average molecular weight is 403 g/mol. The smallest absolute Gasteiger partial charge is 0.343 e. The summed E-state index contributed by atoms with van der Waals surface area (Å²) in [4.78, 5) is 16.4. The van der Waals surface area contributed by atoms with Gasteiger partial charge in [0.1, 0.15) is 17.5 Å². The van der Waals surface area contributed by atoms with E-state index in [4.69, 9.17) is 5.26 Å². The third-order valence-electron chi connectivity index (χ3n) is 4.28. The van der Waals surface area contributed by atoms with E-state index in [-0.39, 0.29) is 11.4 Å². The van der Waals surface area contributed by atoms with Gasteiger partial charge in [0.15, 0.2) is 5.69 Å². The summed E-state index contributed by atoms with van der Waals surface area (Å²) in [6.07, 6.45) is -3.11. The Labute approximate surface area is 163 Å². The van der Waals surface area contributed by atoms with Crippen LogP contribution in [0.3, 0.4) is 0 Å². The number of hydrogen-bond acceptors (Lipinski definition) is 5. The summed E-state index contributed by atoms with van der Waals surface area (Å²) in [7, 11) is 2.96. The maximum absolute atomic E-state index is 12.8. The Bertz CT molecular complexity index is 1090. The van der Waals surface area contributed by atoms with E-state index < -0.39 is 23.8 Å². The van der Waals surface area contributed by atoms with Crippen LogP contribution in [0.1, 0.15) is 40.5 Å². The molecule has 1 atom stereocenters. The minimum atomic E-state index is -4.63. The standard InChI is InChI=1S/C18H16F3N7O/c1-10(24-17(29)15-7-16(18(19,20)21)26-28(15)3)14-6-13(25-27(14)2)11-4-5-12(8-22)23-9-11/h4-7,9-10H,1-3H3,(H,24,29). The van der Waals surface area contributed by atoms with Crippen molar-refractivity contribution in [2.45, 2.75) is 19.1 Å². The Morgan fingerprint density at radius 1 is 1.21 bits per heavy atom. The lowest BCUT2D eigenvalue weighted by molar-refractivity contribution is -0.141. The van der Waals surface area contributed by atoms with Crippen LogP contribution in [0.4, 0.5) is 13.2 Å². The number of amides is 1. The maximum atomic E-state index is 12.8. The van der Waals surface area contributed by atoms with Crippen LogP contribution in [-0.4, -0.2) is 30.5 Å². The lowest BCUT2D eigenvalue weighted by Crippen LogP contribution is -2.29. The molecule has 3 heterocycles. The molecule has 1 amide bonds. The van der Waals surface area contributed by atoms with Gasteiger partial charge >= 0.3 is 6.18 Å². The molecule has 150 valence electrons. The van der Waals surface area contributed by atoms with Crippen molar-refractivity contribution in [3.63, 3.8) is 0 Å². The topological polar surface area (TPSA) is 101 Å². The van der Waals surface area contributed by atoms with E-state index in [1.54, 1.807) is 36.9 Å². The summed E-state index contributed by atoms with van der Waals surface area (Å²) in [6, 6.07) is 7.10. The van der Waals surface area contributed by atoms with Gasteiger partial charge < -0.3 is 5.32 Å². The Kier molecular flexibility index (Phi) is 5.11. The van der Waals surface area contributed by atoms with Gasteiger partial charge in [0, 0.05) is 31.9 Å². The number of halogens is 3. The number of carbonyl (C=O) groups excluding carboxylic acids is 1. The number of carbonyl (C=O) groups is 1. The molecule has 1 N–H and O–H groups in total. The molecule has 0 radical (unpaired) electrons. The number of nitrogens with zero attached hydrogens (tertiary/aromatic N) is 6. The fourth-order valence-corrected chi connectivity index (χ4v) is 2.80. The van der Waals surface area contributed by atoms with Crippen LogP contribution in [0.15, 0.2) is 30.5 Å². The lowest BCUT2D eigenvalue weighted by atomic mass is 10.1. The van der Waals surface area contributed by atoms with Gasteiger partial charge in [0.05, 0.1) is 17.4 Å². The number of rotatable bonds is 4. The number of nitriles is 1. The number of pyridine rings is 1. The van der Waals surface area contributed by atoms with Crippen molar-refractivity contribution in [2.75, 3.05) is 0 Å². The van der Waals surface area contributed by atoms with Crippen molar-refractivity contribution < 1.29 is 18.0 Å². The van der Waals surface area contributed by atoms with Gasteiger partial charge in [0.2, 0.25) is 0 Å². The van der Waals surface area contributed by atoms with Gasteiger partial charge in [-0.15, -0.1) is 0 Å². The van der Waals surface area contributed by atoms with E-state index >= 15 is 0 Å². The zero-order valence-electron chi connectivity index (χ0n) is 15.7. The van der Waals surface area contributed by atoms with Gasteiger partial charge in [0.25, 0.3) is 5.91 Å². The molecule has 0 aliphatic rings. The van der Waals surface area contributed by atoms with Crippen LogP contribution < -0.4 is 5.32 Å². The van der Waals surface area contributed by atoms with Crippen molar-refractivity contribution in [1.29, 1.82) is 5.26 Å². The van der Waals surface area contributed by atoms with E-state index in [0.717, 1.165) is 4.68 Å². The Morgan fingerprint density at radius 2 is 1.93 bits per heavy atom. The molecule has 3 rings (SSSR count). The zero-order chi connectivity index (χ0) is 21.3. The highest BCUT2D eigenvalue weighted by Gasteiger charge is 2.35. The van der Waals surface area contributed by atoms with Crippen LogP contribution in [0.5, 0.6) is 0 Å². The van der Waals surface area contributed by atoms with Crippen molar-refractivity contribution in [3.05, 3.63) is 53.2 Å². The van der Waals surface area contributed by atoms with E-state index in [2.05, 4.69) is 20.5 Å². The van der Waals surface area contributed by atoms with Crippen molar-refractivity contribution in [3.8, 4) is 17.3 Å². The number of aryl methyl sites for hydroxylation is 2. The zero-order valence-corrected chi connectivity index (χ0v) is 15.7. The van der Waals surface area contributed by atoms with E-state index in [9.17, 15) is 18.0 Å². The van der Waals surface area contributed by atoms with Crippen LogP contribution in [0, 0.1) is 11.3 Å². The second-order valence-corrected chi connectivity index (χ2v) is 6.35. The molecule has 0 saturated heterocycles. The monoisotopic (exact) mass is 403 g/mol. The molecule has 0 saturated carbocycles. The fraction of sp³-hybridized carbons (Fsp3) is 0.278. The highest BCUT2D eigenvalue weighted by atomic mass is 19.4. The molecular weight excluding hydrogens is 387 g/mol. The van der Waals surface area contributed by atoms with Crippen molar-refractivity contribution >= 4 is 5.91 Å². The van der Waals surface area contributed by atoms with Gasteiger partial charge in [-0.3, -0.25) is 14.2 Å². The van der Waals surface area contributed by atoms with E-state index in [1.807, 2.05) is 6.07 Å². The molecular formula is C18H16F3N7O. The Morgan fingerprint density at radius 3 is 2.48 bits per heavy atom. The highest BCUT2D eigenvalue weighted by molar-refractivity contribution is 5.93. The Balaban J connectivity index is 1.80. The minimum absolute atomic E-state index is 0.206. The number of nitrogens with one attached hydrogen (secondary N) is 1. The van der Waals surface area contributed by atoms with Gasteiger partial charge in [-0.2, -0.15) is 28.6 Å². The van der Waals surface area contributed by atoms with Crippen LogP contribution in [0.2, 0.25) is 0 Å². The summed E-state index contributed by atoms with van der Waals surface area (Å²) < 4.78 is 40.8. The molecule has 0 aliphatic carbocycles. The van der Waals surface area contributed by atoms with Crippen LogP contribution in [0.25, 0.3) is 11.3 Å². The minimum Gasteiger partial charge on any atom is -0.343 e. The van der Waals surface area contributed by atoms with E-state index in [1.165, 1.54) is 13.2 Å². The first kappa shape index (κ1) is 20.1. The lowest BCUT2D eigenvalue weighted by Gasteiger charge is -2.14. The second-order valence-electron chi connectivity index (χ2n) is 6.35. The van der Waals surface area contributed by atoms with Crippen LogP contribution >= 0.6 is 0 Å². The summed E-state index contributed by atoms with van der Waals surface area (Å²) in [5, 5.41) is 19.2. The predicted molar refractivity (Wildman–Crippen MR) is 95.2 cm³/mol. The summed E-state index contributed by atoms with van der Waals surface area (Å²) in [6.45, 7) is 1.69.